The average molecular weight is 438 g/mol. The number of aromatic nitrogens is 3. The summed E-state index contributed by atoms with van der Waals surface area (Å²) in [6, 6.07) is 21.4. The second-order valence-corrected chi connectivity index (χ2v) is 7.87. The van der Waals surface area contributed by atoms with E-state index in [1.54, 1.807) is 24.4 Å². The molecule has 5 rings (SSSR count). The SMILES string of the molecule is Cn1nc(COc2ccccc2CC(=O)O)c2cc(-c3cccc4c(N)nccc34)ccc21. The number of pyridine rings is 1. The summed E-state index contributed by atoms with van der Waals surface area (Å²) in [5.41, 5.74) is 10.6. The number of para-hydroxylation sites is 1. The van der Waals surface area contributed by atoms with E-state index in [1.807, 2.05) is 42.1 Å². The molecule has 0 spiro atoms. The first kappa shape index (κ1) is 20.5. The van der Waals surface area contributed by atoms with E-state index in [-0.39, 0.29) is 13.0 Å². The van der Waals surface area contributed by atoms with Crippen LogP contribution in [0.5, 0.6) is 5.75 Å². The minimum atomic E-state index is -0.898. The van der Waals surface area contributed by atoms with E-state index in [0.717, 1.165) is 38.5 Å². The highest BCUT2D eigenvalue weighted by Gasteiger charge is 2.14. The molecule has 0 amide bonds. The smallest absolute Gasteiger partial charge is 0.307 e. The van der Waals surface area contributed by atoms with Gasteiger partial charge < -0.3 is 15.6 Å². The van der Waals surface area contributed by atoms with Gasteiger partial charge in [-0.25, -0.2) is 4.98 Å². The summed E-state index contributed by atoms with van der Waals surface area (Å²) in [7, 11) is 1.90. The van der Waals surface area contributed by atoms with Crippen molar-refractivity contribution < 1.29 is 14.6 Å². The first-order chi connectivity index (χ1) is 16.0. The van der Waals surface area contributed by atoms with Crippen LogP contribution in [-0.2, 0) is 24.9 Å². The van der Waals surface area contributed by atoms with Crippen LogP contribution in [0.3, 0.4) is 0 Å². The molecule has 0 aliphatic heterocycles. The second-order valence-electron chi connectivity index (χ2n) is 7.87. The quantitative estimate of drug-likeness (QED) is 0.402. The van der Waals surface area contributed by atoms with Crippen LogP contribution in [0.4, 0.5) is 5.82 Å². The van der Waals surface area contributed by atoms with E-state index in [2.05, 4.69) is 28.3 Å². The molecule has 7 nitrogen and oxygen atoms in total. The van der Waals surface area contributed by atoms with Gasteiger partial charge in [0, 0.05) is 29.6 Å². The molecule has 7 heteroatoms. The van der Waals surface area contributed by atoms with Gasteiger partial charge in [-0.3, -0.25) is 9.48 Å². The van der Waals surface area contributed by atoms with Gasteiger partial charge in [0.2, 0.25) is 0 Å². The fourth-order valence-corrected chi connectivity index (χ4v) is 4.19. The molecule has 164 valence electrons. The van der Waals surface area contributed by atoms with E-state index < -0.39 is 5.97 Å². The predicted octanol–water partition coefficient (Wildman–Crippen LogP) is 4.58. The zero-order valence-corrected chi connectivity index (χ0v) is 18.0. The van der Waals surface area contributed by atoms with Crippen LogP contribution in [0.1, 0.15) is 11.3 Å². The first-order valence-corrected chi connectivity index (χ1v) is 10.5. The number of nitrogens with two attached hydrogens (primary N) is 1. The summed E-state index contributed by atoms with van der Waals surface area (Å²) >= 11 is 0. The molecule has 0 unspecified atom stereocenters. The Labute approximate surface area is 190 Å². The molecule has 0 atom stereocenters. The molecule has 0 saturated heterocycles. The molecule has 0 radical (unpaired) electrons. The van der Waals surface area contributed by atoms with Crippen molar-refractivity contribution >= 4 is 33.5 Å². The number of hydrogen-bond acceptors (Lipinski definition) is 5. The lowest BCUT2D eigenvalue weighted by atomic mass is 9.97. The van der Waals surface area contributed by atoms with Gasteiger partial charge in [-0.05, 0) is 40.8 Å². The molecule has 5 aromatic rings. The zero-order chi connectivity index (χ0) is 22.9. The van der Waals surface area contributed by atoms with E-state index in [1.165, 1.54) is 0 Å². The topological polar surface area (TPSA) is 103 Å². The normalized spacial score (nSPS) is 11.2. The minimum absolute atomic E-state index is 0.0949. The number of aryl methyl sites for hydroxylation is 1. The summed E-state index contributed by atoms with van der Waals surface area (Å²) in [6.45, 7) is 0.226. The molecule has 0 saturated carbocycles. The van der Waals surface area contributed by atoms with Crippen LogP contribution < -0.4 is 10.5 Å². The standard InChI is InChI=1S/C26H22N4O3/c1-30-23-10-9-16(18-6-4-7-20-19(18)11-12-28-26(20)27)13-21(23)22(29-30)15-33-24-8-3-2-5-17(24)14-25(31)32/h2-13H,14-15H2,1H3,(H2,27,28)(H,31,32). The Hall–Kier alpha value is -4.39. The van der Waals surface area contributed by atoms with Gasteiger partial charge in [-0.1, -0.05) is 42.5 Å². The maximum atomic E-state index is 11.2. The highest BCUT2D eigenvalue weighted by molar-refractivity contribution is 6.02. The van der Waals surface area contributed by atoms with Crippen molar-refractivity contribution in [2.75, 3.05) is 5.73 Å². The fourth-order valence-electron chi connectivity index (χ4n) is 4.19. The van der Waals surface area contributed by atoms with E-state index in [9.17, 15) is 4.79 Å². The number of ether oxygens (including phenoxy) is 1. The lowest BCUT2D eigenvalue weighted by Gasteiger charge is -2.10. The molecule has 3 aromatic carbocycles. The van der Waals surface area contributed by atoms with Crippen LogP contribution in [-0.4, -0.2) is 25.8 Å². The zero-order valence-electron chi connectivity index (χ0n) is 18.0. The molecule has 0 aliphatic carbocycles. The number of nitrogens with zero attached hydrogens (tertiary/aromatic N) is 3. The molecular formula is C26H22N4O3. The Morgan fingerprint density at radius 1 is 1.03 bits per heavy atom. The third-order valence-corrected chi connectivity index (χ3v) is 5.75. The van der Waals surface area contributed by atoms with Crippen molar-refractivity contribution in [3.63, 3.8) is 0 Å². The Balaban J connectivity index is 1.53. The third kappa shape index (κ3) is 3.85. The number of fused-ring (bicyclic) bond motifs is 2. The van der Waals surface area contributed by atoms with Crippen LogP contribution in [0, 0.1) is 0 Å². The largest absolute Gasteiger partial charge is 0.487 e. The summed E-state index contributed by atoms with van der Waals surface area (Å²) in [6.07, 6.45) is 1.62. The summed E-state index contributed by atoms with van der Waals surface area (Å²) in [5.74, 6) is 0.155. The van der Waals surface area contributed by atoms with Gasteiger partial charge in [0.15, 0.2) is 0 Å². The monoisotopic (exact) mass is 438 g/mol. The molecule has 2 heterocycles. The number of nitrogen functional groups attached to an aromatic ring is 1. The number of aliphatic carboxylic acids is 1. The van der Waals surface area contributed by atoms with Gasteiger partial charge in [-0.15, -0.1) is 0 Å². The van der Waals surface area contributed by atoms with E-state index in [4.69, 9.17) is 15.6 Å². The van der Waals surface area contributed by atoms with Crippen molar-refractivity contribution in [3.05, 3.63) is 84.2 Å². The first-order valence-electron chi connectivity index (χ1n) is 10.5. The van der Waals surface area contributed by atoms with Crippen LogP contribution in [0.15, 0.2) is 72.9 Å². The molecule has 0 fully saturated rings. The number of carboxylic acid groups (broad SMARTS) is 1. The van der Waals surface area contributed by atoms with Crippen LogP contribution in [0.2, 0.25) is 0 Å². The molecule has 0 bridgehead atoms. The van der Waals surface area contributed by atoms with Crippen molar-refractivity contribution in [1.29, 1.82) is 0 Å². The van der Waals surface area contributed by atoms with Crippen molar-refractivity contribution in [3.8, 4) is 16.9 Å². The lowest BCUT2D eigenvalue weighted by molar-refractivity contribution is -0.136. The lowest BCUT2D eigenvalue weighted by Crippen LogP contribution is -2.04. The summed E-state index contributed by atoms with van der Waals surface area (Å²) < 4.78 is 7.84. The van der Waals surface area contributed by atoms with Gasteiger partial charge >= 0.3 is 5.97 Å². The minimum Gasteiger partial charge on any atom is -0.487 e. The number of anilines is 1. The van der Waals surface area contributed by atoms with Crippen molar-refractivity contribution in [2.45, 2.75) is 13.0 Å². The van der Waals surface area contributed by atoms with Gasteiger partial charge in [0.1, 0.15) is 23.9 Å². The van der Waals surface area contributed by atoms with E-state index >= 15 is 0 Å². The Morgan fingerprint density at radius 2 is 1.88 bits per heavy atom. The van der Waals surface area contributed by atoms with Crippen LogP contribution in [0.25, 0.3) is 32.8 Å². The van der Waals surface area contributed by atoms with Crippen molar-refractivity contribution in [2.24, 2.45) is 7.05 Å². The highest BCUT2D eigenvalue weighted by Crippen LogP contribution is 2.33. The maximum Gasteiger partial charge on any atom is 0.307 e. The summed E-state index contributed by atoms with van der Waals surface area (Å²) in [4.78, 5) is 15.4. The molecule has 33 heavy (non-hydrogen) atoms. The number of carbonyl (C=O) groups is 1. The van der Waals surface area contributed by atoms with Crippen LogP contribution >= 0.6 is 0 Å². The molecule has 2 aromatic heterocycles. The highest BCUT2D eigenvalue weighted by atomic mass is 16.5. The maximum absolute atomic E-state index is 11.2. The van der Waals surface area contributed by atoms with Gasteiger partial charge in [0.25, 0.3) is 0 Å². The molecule has 3 N–H and O–H groups in total. The summed E-state index contributed by atoms with van der Waals surface area (Å²) in [5, 5.41) is 16.8. The number of carboxylic acids is 1. The van der Waals surface area contributed by atoms with Gasteiger partial charge in [-0.2, -0.15) is 5.10 Å². The molecule has 0 aliphatic rings. The Kier molecular flexibility index (Phi) is 5.14. The van der Waals surface area contributed by atoms with Gasteiger partial charge in [0.05, 0.1) is 11.9 Å². The third-order valence-electron chi connectivity index (χ3n) is 5.75. The van der Waals surface area contributed by atoms with E-state index in [0.29, 0.717) is 17.1 Å². The Morgan fingerprint density at radius 3 is 2.73 bits per heavy atom. The number of hydrogen-bond donors (Lipinski definition) is 2. The molecular weight excluding hydrogens is 416 g/mol. The Bertz CT molecular complexity index is 1510. The van der Waals surface area contributed by atoms with Crippen molar-refractivity contribution in [1.82, 2.24) is 14.8 Å². The fraction of sp³-hybridized carbons (Fsp3) is 0.115. The predicted molar refractivity (Wildman–Crippen MR) is 128 cm³/mol. The second kappa shape index (κ2) is 8.27. The average Bonchev–Trinajstić information content (AvgIpc) is 3.13. The number of benzene rings is 3. The number of rotatable bonds is 6.